The van der Waals surface area contributed by atoms with Gasteiger partial charge in [0.25, 0.3) is 0 Å². The number of hydrogen-bond acceptors (Lipinski definition) is 2. The van der Waals surface area contributed by atoms with Gasteiger partial charge in [-0.3, -0.25) is 4.98 Å². The first kappa shape index (κ1) is 4.94. The molecule has 1 atom stereocenters. The van der Waals surface area contributed by atoms with Crippen LogP contribution in [-0.2, 0) is 4.74 Å². The summed E-state index contributed by atoms with van der Waals surface area (Å²) in [5.41, 5.74) is 1.05. The van der Waals surface area contributed by atoms with Crippen LogP contribution in [0.15, 0.2) is 24.4 Å². The highest BCUT2D eigenvalue weighted by Crippen LogP contribution is 2.26. The molecule has 1 fully saturated rings. The molecule has 2 heteroatoms. The van der Waals surface area contributed by atoms with E-state index in [9.17, 15) is 0 Å². The largest absolute Gasteiger partial charge is 0.366 e. The normalized spacial score (nSPS) is 23.8. The summed E-state index contributed by atoms with van der Waals surface area (Å²) in [6.07, 6.45) is 2.09. The summed E-state index contributed by atoms with van der Waals surface area (Å²) < 4.78 is 5.03. The molecule has 0 N–H and O–H groups in total. The minimum absolute atomic E-state index is 0.297. The van der Waals surface area contributed by atoms with Crippen LogP contribution in [0.2, 0.25) is 0 Å². The van der Waals surface area contributed by atoms with Gasteiger partial charge in [0.1, 0.15) is 6.10 Å². The standard InChI is InChI=1S/C7H7NO/c1-2-4-8-6(3-1)7-5-9-7/h1-4,7H,5H2. The Morgan fingerprint density at radius 3 is 3.00 bits per heavy atom. The van der Waals surface area contributed by atoms with Gasteiger partial charge in [-0.15, -0.1) is 0 Å². The number of ether oxygens (including phenoxy) is 1. The molecule has 0 radical (unpaired) electrons. The van der Waals surface area contributed by atoms with Crippen molar-refractivity contribution >= 4 is 0 Å². The van der Waals surface area contributed by atoms with Gasteiger partial charge in [0.15, 0.2) is 0 Å². The van der Waals surface area contributed by atoms with Crippen LogP contribution in [0.4, 0.5) is 0 Å². The van der Waals surface area contributed by atoms with E-state index in [1.807, 2.05) is 18.2 Å². The number of nitrogens with zero attached hydrogens (tertiary/aromatic N) is 1. The Morgan fingerprint density at radius 2 is 2.44 bits per heavy atom. The molecule has 9 heavy (non-hydrogen) atoms. The molecule has 0 aliphatic carbocycles. The second-order valence-corrected chi connectivity index (χ2v) is 2.08. The smallest absolute Gasteiger partial charge is 0.123 e. The van der Waals surface area contributed by atoms with Crippen LogP contribution in [0.25, 0.3) is 0 Å². The molecule has 1 unspecified atom stereocenters. The zero-order valence-electron chi connectivity index (χ0n) is 4.95. The molecule has 0 aromatic carbocycles. The van der Waals surface area contributed by atoms with Crippen molar-refractivity contribution in [2.45, 2.75) is 6.10 Å². The topological polar surface area (TPSA) is 25.4 Å². The summed E-state index contributed by atoms with van der Waals surface area (Å²) in [5, 5.41) is 0. The molecule has 1 saturated heterocycles. The summed E-state index contributed by atoms with van der Waals surface area (Å²) in [5.74, 6) is 0. The van der Waals surface area contributed by atoms with Crippen molar-refractivity contribution in [1.82, 2.24) is 4.98 Å². The van der Waals surface area contributed by atoms with Crippen LogP contribution in [0.5, 0.6) is 0 Å². The second kappa shape index (κ2) is 1.81. The fourth-order valence-electron chi connectivity index (χ4n) is 0.785. The van der Waals surface area contributed by atoms with E-state index in [2.05, 4.69) is 4.98 Å². The fourth-order valence-corrected chi connectivity index (χ4v) is 0.785. The van der Waals surface area contributed by atoms with Crippen molar-refractivity contribution in [2.75, 3.05) is 6.61 Å². The van der Waals surface area contributed by atoms with Crippen LogP contribution in [0.1, 0.15) is 11.8 Å². The van der Waals surface area contributed by atoms with E-state index in [1.54, 1.807) is 6.20 Å². The molecule has 1 aliphatic heterocycles. The summed E-state index contributed by atoms with van der Waals surface area (Å²) in [6.45, 7) is 0.844. The van der Waals surface area contributed by atoms with Crippen molar-refractivity contribution in [3.05, 3.63) is 30.1 Å². The van der Waals surface area contributed by atoms with Gasteiger partial charge in [0.2, 0.25) is 0 Å². The van der Waals surface area contributed by atoms with Gasteiger partial charge in [-0.2, -0.15) is 0 Å². The van der Waals surface area contributed by atoms with Crippen LogP contribution in [-0.4, -0.2) is 11.6 Å². The van der Waals surface area contributed by atoms with Gasteiger partial charge in [-0.1, -0.05) is 6.07 Å². The summed E-state index contributed by atoms with van der Waals surface area (Å²) >= 11 is 0. The molecule has 0 saturated carbocycles. The molecule has 2 rings (SSSR count). The average molecular weight is 121 g/mol. The highest BCUT2D eigenvalue weighted by Gasteiger charge is 2.25. The zero-order chi connectivity index (χ0) is 6.10. The molecular weight excluding hydrogens is 114 g/mol. The lowest BCUT2D eigenvalue weighted by molar-refractivity contribution is 0.411. The van der Waals surface area contributed by atoms with Gasteiger partial charge >= 0.3 is 0 Å². The number of rotatable bonds is 1. The molecule has 1 aromatic rings. The summed E-state index contributed by atoms with van der Waals surface area (Å²) in [7, 11) is 0. The molecule has 1 aliphatic rings. The molecule has 46 valence electrons. The Labute approximate surface area is 53.5 Å². The highest BCUT2D eigenvalue weighted by atomic mass is 16.6. The Hall–Kier alpha value is -0.890. The number of pyridine rings is 1. The van der Waals surface area contributed by atoms with Crippen LogP contribution >= 0.6 is 0 Å². The van der Waals surface area contributed by atoms with Gasteiger partial charge in [0, 0.05) is 6.20 Å². The minimum atomic E-state index is 0.297. The molecule has 0 spiro atoms. The SMILES string of the molecule is c1ccc(C2CO2)nc1. The lowest BCUT2D eigenvalue weighted by Crippen LogP contribution is -1.82. The monoisotopic (exact) mass is 121 g/mol. The van der Waals surface area contributed by atoms with E-state index in [-0.39, 0.29) is 0 Å². The summed E-state index contributed by atoms with van der Waals surface area (Å²) in [6, 6.07) is 5.87. The van der Waals surface area contributed by atoms with E-state index in [0.717, 1.165) is 12.3 Å². The predicted octanol–water partition coefficient (Wildman–Crippen LogP) is 1.15. The van der Waals surface area contributed by atoms with E-state index in [1.165, 1.54) is 0 Å². The Bertz CT molecular complexity index is 193. The maximum Gasteiger partial charge on any atom is 0.123 e. The van der Waals surface area contributed by atoms with Crippen molar-refractivity contribution in [1.29, 1.82) is 0 Å². The van der Waals surface area contributed by atoms with Crippen LogP contribution < -0.4 is 0 Å². The molecular formula is C7H7NO. The van der Waals surface area contributed by atoms with Gasteiger partial charge < -0.3 is 4.74 Å². The van der Waals surface area contributed by atoms with Crippen LogP contribution in [0.3, 0.4) is 0 Å². The lowest BCUT2D eigenvalue weighted by Gasteiger charge is -1.88. The van der Waals surface area contributed by atoms with E-state index in [0.29, 0.717) is 6.10 Å². The van der Waals surface area contributed by atoms with E-state index >= 15 is 0 Å². The molecule has 1 aromatic heterocycles. The average Bonchev–Trinajstić information content (AvgIpc) is 2.71. The van der Waals surface area contributed by atoms with Crippen molar-refractivity contribution in [3.63, 3.8) is 0 Å². The first-order valence-corrected chi connectivity index (χ1v) is 2.99. The molecule has 2 nitrogen and oxygen atoms in total. The number of hydrogen-bond donors (Lipinski definition) is 0. The van der Waals surface area contributed by atoms with E-state index in [4.69, 9.17) is 4.74 Å². The molecule has 0 amide bonds. The number of aromatic nitrogens is 1. The fraction of sp³-hybridized carbons (Fsp3) is 0.286. The maximum absolute atomic E-state index is 5.03. The minimum Gasteiger partial charge on any atom is -0.366 e. The highest BCUT2D eigenvalue weighted by molar-refractivity contribution is 5.09. The Balaban J connectivity index is 2.29. The zero-order valence-corrected chi connectivity index (χ0v) is 4.95. The molecule has 0 bridgehead atoms. The quantitative estimate of drug-likeness (QED) is 0.521. The third-order valence-electron chi connectivity index (χ3n) is 1.35. The Kier molecular flexibility index (Phi) is 0.993. The predicted molar refractivity (Wildman–Crippen MR) is 32.9 cm³/mol. The maximum atomic E-state index is 5.03. The van der Waals surface area contributed by atoms with Crippen molar-refractivity contribution in [2.24, 2.45) is 0 Å². The molecule has 2 heterocycles. The summed E-state index contributed by atoms with van der Waals surface area (Å²) in [4.78, 5) is 4.12. The van der Waals surface area contributed by atoms with Gasteiger partial charge in [0.05, 0.1) is 12.3 Å². The van der Waals surface area contributed by atoms with Crippen molar-refractivity contribution in [3.8, 4) is 0 Å². The lowest BCUT2D eigenvalue weighted by atomic mass is 10.3. The van der Waals surface area contributed by atoms with Crippen LogP contribution in [0, 0.1) is 0 Å². The first-order chi connectivity index (χ1) is 4.47. The second-order valence-electron chi connectivity index (χ2n) is 2.08. The third kappa shape index (κ3) is 0.933. The van der Waals surface area contributed by atoms with Gasteiger partial charge in [-0.05, 0) is 12.1 Å². The van der Waals surface area contributed by atoms with E-state index < -0.39 is 0 Å². The Morgan fingerprint density at radius 1 is 1.56 bits per heavy atom. The third-order valence-corrected chi connectivity index (χ3v) is 1.35. The first-order valence-electron chi connectivity index (χ1n) is 2.99. The van der Waals surface area contributed by atoms with Gasteiger partial charge in [-0.25, -0.2) is 0 Å². The van der Waals surface area contributed by atoms with Crippen molar-refractivity contribution < 1.29 is 4.74 Å². The number of epoxide rings is 1.